The van der Waals surface area contributed by atoms with Crippen molar-refractivity contribution >= 4 is 5.91 Å². The zero-order chi connectivity index (χ0) is 18.4. The fourth-order valence-corrected chi connectivity index (χ4v) is 2.39. The number of hydrogen-bond donors (Lipinski definition) is 2. The molecule has 4 nitrogen and oxygen atoms in total. The van der Waals surface area contributed by atoms with E-state index < -0.39 is 17.2 Å². The van der Waals surface area contributed by atoms with Crippen LogP contribution in [0.5, 0.6) is 5.75 Å². The summed E-state index contributed by atoms with van der Waals surface area (Å²) in [5.41, 5.74) is -0.125. The van der Waals surface area contributed by atoms with Gasteiger partial charge in [0.2, 0.25) is 5.91 Å². The maximum absolute atomic E-state index is 13.6. The summed E-state index contributed by atoms with van der Waals surface area (Å²) in [5.74, 6) is -0.975. The molecule has 1 unspecified atom stereocenters. The second-order valence-electron chi connectivity index (χ2n) is 6.03. The Morgan fingerprint density at radius 1 is 1.20 bits per heavy atom. The van der Waals surface area contributed by atoms with Crippen molar-refractivity contribution in [2.45, 2.75) is 25.4 Å². The first-order valence-corrected chi connectivity index (χ1v) is 7.89. The van der Waals surface area contributed by atoms with E-state index in [0.717, 1.165) is 0 Å². The summed E-state index contributed by atoms with van der Waals surface area (Å²) in [6.45, 7) is 1.54. The van der Waals surface area contributed by atoms with Gasteiger partial charge in [0.15, 0.2) is 11.6 Å². The number of methoxy groups -OCH3 is 1. The predicted molar refractivity (Wildman–Crippen MR) is 90.3 cm³/mol. The second kappa shape index (κ2) is 8.07. The number of aryl methyl sites for hydroxylation is 1. The highest BCUT2D eigenvalue weighted by Crippen LogP contribution is 2.20. The van der Waals surface area contributed by atoms with Gasteiger partial charge in [-0.25, -0.2) is 8.78 Å². The molecule has 0 saturated carbocycles. The van der Waals surface area contributed by atoms with E-state index in [2.05, 4.69) is 5.32 Å². The van der Waals surface area contributed by atoms with E-state index in [1.165, 1.54) is 43.5 Å². The zero-order valence-corrected chi connectivity index (χ0v) is 14.2. The number of nitrogens with one attached hydrogen (secondary N) is 1. The average molecular weight is 349 g/mol. The summed E-state index contributed by atoms with van der Waals surface area (Å²) in [5, 5.41) is 13.0. The van der Waals surface area contributed by atoms with Gasteiger partial charge in [0, 0.05) is 6.42 Å². The van der Waals surface area contributed by atoms with Crippen LogP contribution in [0, 0.1) is 11.6 Å². The van der Waals surface area contributed by atoms with E-state index >= 15 is 0 Å². The van der Waals surface area contributed by atoms with Gasteiger partial charge >= 0.3 is 0 Å². The molecule has 0 aliphatic heterocycles. The first-order valence-electron chi connectivity index (χ1n) is 7.89. The van der Waals surface area contributed by atoms with Crippen molar-refractivity contribution in [1.82, 2.24) is 5.32 Å². The summed E-state index contributed by atoms with van der Waals surface area (Å²) in [7, 11) is 1.39. The van der Waals surface area contributed by atoms with Crippen LogP contribution in [0.25, 0.3) is 0 Å². The second-order valence-corrected chi connectivity index (χ2v) is 6.03. The molecule has 0 bridgehead atoms. The fourth-order valence-electron chi connectivity index (χ4n) is 2.39. The lowest BCUT2D eigenvalue weighted by atomic mass is 9.96. The summed E-state index contributed by atoms with van der Waals surface area (Å²) in [4.78, 5) is 12.0. The molecule has 0 spiro atoms. The highest BCUT2D eigenvalue weighted by Gasteiger charge is 2.23. The average Bonchev–Trinajstić information content (AvgIpc) is 2.59. The van der Waals surface area contributed by atoms with E-state index in [4.69, 9.17) is 4.74 Å². The van der Waals surface area contributed by atoms with E-state index in [1.807, 2.05) is 0 Å². The fraction of sp³-hybridized carbons (Fsp3) is 0.316. The number of ether oxygens (including phenoxy) is 1. The number of halogens is 2. The van der Waals surface area contributed by atoms with E-state index in [0.29, 0.717) is 17.5 Å². The molecule has 25 heavy (non-hydrogen) atoms. The standard InChI is InChI=1S/C19H21F2NO3/c1-19(24,14-5-7-15(20)8-6-14)12-22-18(23)10-4-13-3-9-17(25-2)16(21)11-13/h3,5-9,11,24H,4,10,12H2,1-2H3,(H,22,23). The molecule has 0 aliphatic carbocycles. The summed E-state index contributed by atoms with van der Waals surface area (Å²) >= 11 is 0. The van der Waals surface area contributed by atoms with Crippen LogP contribution >= 0.6 is 0 Å². The van der Waals surface area contributed by atoms with Crippen molar-refractivity contribution in [3.8, 4) is 5.75 Å². The molecule has 2 N–H and O–H groups in total. The van der Waals surface area contributed by atoms with Gasteiger partial charge in [0.1, 0.15) is 11.4 Å². The lowest BCUT2D eigenvalue weighted by Gasteiger charge is -2.24. The van der Waals surface area contributed by atoms with Crippen LogP contribution in [0.4, 0.5) is 8.78 Å². The lowest BCUT2D eigenvalue weighted by Crippen LogP contribution is -2.38. The highest BCUT2D eigenvalue weighted by atomic mass is 19.1. The predicted octanol–water partition coefficient (Wildman–Crippen LogP) is 2.93. The molecule has 1 atom stereocenters. The van der Waals surface area contributed by atoms with Gasteiger partial charge in [-0.2, -0.15) is 0 Å². The van der Waals surface area contributed by atoms with Crippen molar-refractivity contribution in [2.75, 3.05) is 13.7 Å². The minimum absolute atomic E-state index is 0.00552. The largest absolute Gasteiger partial charge is 0.494 e. The number of benzene rings is 2. The van der Waals surface area contributed by atoms with Crippen molar-refractivity contribution in [3.63, 3.8) is 0 Å². The number of carbonyl (C=O) groups excluding carboxylic acids is 1. The molecular weight excluding hydrogens is 328 g/mol. The Balaban J connectivity index is 1.85. The Kier molecular flexibility index (Phi) is 6.09. The van der Waals surface area contributed by atoms with Gasteiger partial charge in [-0.3, -0.25) is 4.79 Å². The zero-order valence-electron chi connectivity index (χ0n) is 14.2. The normalized spacial score (nSPS) is 13.2. The molecule has 2 rings (SSSR count). The van der Waals surface area contributed by atoms with Gasteiger partial charge in [0.25, 0.3) is 0 Å². The Morgan fingerprint density at radius 3 is 2.48 bits per heavy atom. The number of hydrogen-bond acceptors (Lipinski definition) is 3. The molecule has 2 aromatic rings. The minimum Gasteiger partial charge on any atom is -0.494 e. The molecule has 0 saturated heterocycles. The number of rotatable bonds is 7. The van der Waals surface area contributed by atoms with Crippen LogP contribution in [0.3, 0.4) is 0 Å². The molecule has 0 radical (unpaired) electrons. The number of carbonyl (C=O) groups is 1. The Hall–Kier alpha value is -2.47. The van der Waals surface area contributed by atoms with Crippen molar-refractivity contribution in [1.29, 1.82) is 0 Å². The van der Waals surface area contributed by atoms with Crippen LogP contribution in [0.15, 0.2) is 42.5 Å². The van der Waals surface area contributed by atoms with Crippen LogP contribution in [-0.4, -0.2) is 24.7 Å². The third kappa shape index (κ3) is 5.26. The molecular formula is C19H21F2NO3. The van der Waals surface area contributed by atoms with Crippen LogP contribution in [0.1, 0.15) is 24.5 Å². The molecule has 0 fully saturated rings. The summed E-state index contributed by atoms with van der Waals surface area (Å²) in [6, 6.07) is 10.0. The van der Waals surface area contributed by atoms with Crippen LogP contribution in [0.2, 0.25) is 0 Å². The number of aliphatic hydroxyl groups is 1. The van der Waals surface area contributed by atoms with E-state index in [9.17, 15) is 18.7 Å². The first-order chi connectivity index (χ1) is 11.8. The highest BCUT2D eigenvalue weighted by molar-refractivity contribution is 5.76. The van der Waals surface area contributed by atoms with Gasteiger partial charge in [-0.15, -0.1) is 0 Å². The summed E-state index contributed by atoms with van der Waals surface area (Å²) < 4.78 is 31.4. The molecule has 1 amide bonds. The van der Waals surface area contributed by atoms with Crippen molar-refractivity contribution in [3.05, 3.63) is 65.2 Å². The quantitative estimate of drug-likeness (QED) is 0.808. The molecule has 0 aromatic heterocycles. The topological polar surface area (TPSA) is 58.6 Å². The maximum Gasteiger partial charge on any atom is 0.220 e. The molecule has 134 valence electrons. The Labute approximate surface area is 145 Å². The molecule has 0 heterocycles. The van der Waals surface area contributed by atoms with Gasteiger partial charge in [-0.05, 0) is 48.7 Å². The monoisotopic (exact) mass is 349 g/mol. The third-order valence-corrected chi connectivity index (χ3v) is 3.95. The number of amides is 1. The van der Waals surface area contributed by atoms with E-state index in [1.54, 1.807) is 13.0 Å². The smallest absolute Gasteiger partial charge is 0.220 e. The maximum atomic E-state index is 13.6. The molecule has 6 heteroatoms. The SMILES string of the molecule is COc1ccc(CCC(=O)NCC(C)(O)c2ccc(F)cc2)cc1F. The van der Waals surface area contributed by atoms with Gasteiger partial charge in [-0.1, -0.05) is 18.2 Å². The van der Waals surface area contributed by atoms with Gasteiger partial charge in [0.05, 0.1) is 13.7 Å². The lowest BCUT2D eigenvalue weighted by molar-refractivity contribution is -0.122. The van der Waals surface area contributed by atoms with Crippen molar-refractivity contribution < 1.29 is 23.4 Å². The van der Waals surface area contributed by atoms with E-state index in [-0.39, 0.29) is 24.6 Å². The Bertz CT molecular complexity index is 730. The summed E-state index contributed by atoms with van der Waals surface area (Å²) in [6.07, 6.45) is 0.525. The van der Waals surface area contributed by atoms with Crippen molar-refractivity contribution in [2.24, 2.45) is 0 Å². The third-order valence-electron chi connectivity index (χ3n) is 3.95. The molecule has 2 aromatic carbocycles. The Morgan fingerprint density at radius 2 is 1.88 bits per heavy atom. The molecule has 0 aliphatic rings. The van der Waals surface area contributed by atoms with Crippen LogP contribution in [-0.2, 0) is 16.8 Å². The van der Waals surface area contributed by atoms with Crippen LogP contribution < -0.4 is 10.1 Å². The van der Waals surface area contributed by atoms with Gasteiger partial charge < -0.3 is 15.2 Å². The first kappa shape index (κ1) is 18.9. The minimum atomic E-state index is -1.31.